The average molecular weight is 294 g/mol. The van der Waals surface area contributed by atoms with Gasteiger partial charge in [-0.25, -0.2) is 0 Å². The molecular weight excluding hydrogens is 271 g/mol. The molecular formula is C15H23NiO2-. The number of carbonyl (C=O) groups excluding carboxylic acids is 1. The van der Waals surface area contributed by atoms with Crippen molar-refractivity contribution in [2.24, 2.45) is 0 Å². The average Bonchev–Trinajstić information content (AvgIpc) is 2.35. The van der Waals surface area contributed by atoms with Crippen LogP contribution in [0.5, 0.6) is 0 Å². The van der Waals surface area contributed by atoms with Gasteiger partial charge in [-0.2, -0.15) is 27.8 Å². The molecule has 1 aromatic carbocycles. The maximum atomic E-state index is 10.0. The van der Waals surface area contributed by atoms with Crippen molar-refractivity contribution in [3.05, 3.63) is 39.7 Å². The van der Waals surface area contributed by atoms with Crippen LogP contribution in [0.3, 0.4) is 0 Å². The fraction of sp³-hybridized carbons (Fsp3) is 0.467. The monoisotopic (exact) mass is 293 g/mol. The van der Waals surface area contributed by atoms with E-state index in [2.05, 4.69) is 34.6 Å². The molecule has 0 atom stereocenters. The number of aliphatic hydroxyl groups excluding tert-OH is 1. The maximum absolute atomic E-state index is 10.0. The van der Waals surface area contributed by atoms with E-state index in [-0.39, 0.29) is 28.0 Å². The Morgan fingerprint density at radius 2 is 1.39 bits per heavy atom. The number of hydrogen-bond acceptors (Lipinski definition) is 2. The van der Waals surface area contributed by atoms with Crippen LogP contribution in [-0.4, -0.2) is 10.9 Å². The van der Waals surface area contributed by atoms with Crippen molar-refractivity contribution in [3.63, 3.8) is 0 Å². The third-order valence-electron chi connectivity index (χ3n) is 3.22. The third-order valence-corrected chi connectivity index (χ3v) is 3.22. The van der Waals surface area contributed by atoms with E-state index < -0.39 is 0 Å². The van der Waals surface area contributed by atoms with Crippen LogP contribution in [0.2, 0.25) is 0 Å². The predicted octanol–water partition coefficient (Wildman–Crippen LogP) is 3.98. The minimum absolute atomic E-state index is 0. The molecule has 0 spiro atoms. The van der Waals surface area contributed by atoms with Crippen LogP contribution in [-0.2, 0) is 21.3 Å². The van der Waals surface area contributed by atoms with E-state index in [1.165, 1.54) is 47.7 Å². The van der Waals surface area contributed by atoms with Gasteiger partial charge in [0.05, 0.1) is 5.76 Å². The third kappa shape index (κ3) is 5.59. The van der Waals surface area contributed by atoms with Crippen LogP contribution in [0.1, 0.15) is 41.7 Å². The zero-order valence-corrected chi connectivity index (χ0v) is 13.2. The van der Waals surface area contributed by atoms with Gasteiger partial charge in [0, 0.05) is 22.6 Å². The molecule has 1 aromatic rings. The van der Waals surface area contributed by atoms with Crippen molar-refractivity contribution in [1.82, 2.24) is 0 Å². The first-order valence-corrected chi connectivity index (χ1v) is 5.76. The van der Waals surface area contributed by atoms with Gasteiger partial charge in [-0.1, -0.05) is 34.6 Å². The summed E-state index contributed by atoms with van der Waals surface area (Å²) in [5.74, 6) is -0.0625. The van der Waals surface area contributed by atoms with Gasteiger partial charge in [-0.3, -0.25) is 4.79 Å². The summed E-state index contributed by atoms with van der Waals surface area (Å²) in [4.78, 5) is 10.0. The zero-order chi connectivity index (χ0) is 13.7. The molecule has 3 heteroatoms. The number of allylic oxidation sites excluding steroid dienone is 2. The Bertz CT molecular complexity index is 356. The summed E-state index contributed by atoms with van der Waals surface area (Å²) in [7, 11) is 0. The normalized spacial score (nSPS) is 10.3. The fourth-order valence-corrected chi connectivity index (χ4v) is 1.70. The van der Waals surface area contributed by atoms with Gasteiger partial charge >= 0.3 is 0 Å². The number of hydrogen-bond donors (Lipinski definition) is 1. The Morgan fingerprint density at radius 3 is 1.44 bits per heavy atom. The molecule has 0 aliphatic heterocycles. The van der Waals surface area contributed by atoms with Gasteiger partial charge in [0.1, 0.15) is 0 Å². The van der Waals surface area contributed by atoms with Crippen LogP contribution >= 0.6 is 0 Å². The summed E-state index contributed by atoms with van der Waals surface area (Å²) in [6.45, 7) is 13.8. The number of carbonyl (C=O) groups is 1. The van der Waals surface area contributed by atoms with Gasteiger partial charge < -0.3 is 5.11 Å². The van der Waals surface area contributed by atoms with Crippen molar-refractivity contribution in [2.75, 3.05) is 0 Å². The molecule has 1 rings (SSSR count). The molecule has 2 nitrogen and oxygen atoms in total. The summed E-state index contributed by atoms with van der Waals surface area (Å²) >= 11 is 0. The van der Waals surface area contributed by atoms with Crippen LogP contribution in [0.25, 0.3) is 0 Å². The minimum Gasteiger partial charge on any atom is -0.512 e. The second-order valence-electron chi connectivity index (χ2n) is 4.52. The molecule has 0 amide bonds. The molecule has 0 heterocycles. The van der Waals surface area contributed by atoms with Crippen LogP contribution in [0, 0.1) is 34.6 Å². The largest absolute Gasteiger partial charge is 0.512 e. The van der Waals surface area contributed by atoms with Gasteiger partial charge in [0.2, 0.25) is 0 Å². The van der Waals surface area contributed by atoms with Gasteiger partial charge in [0.25, 0.3) is 0 Å². The Kier molecular flexibility index (Phi) is 8.84. The number of ketones is 1. The Hall–Kier alpha value is -0.946. The van der Waals surface area contributed by atoms with Crippen LogP contribution < -0.4 is 0 Å². The van der Waals surface area contributed by atoms with Gasteiger partial charge in [-0.15, -0.1) is 0 Å². The van der Waals surface area contributed by atoms with Crippen LogP contribution in [0.4, 0.5) is 0 Å². The van der Waals surface area contributed by atoms with E-state index in [9.17, 15) is 4.79 Å². The van der Waals surface area contributed by atoms with E-state index in [0.29, 0.717) is 0 Å². The summed E-state index contributed by atoms with van der Waals surface area (Å²) < 4.78 is 0. The van der Waals surface area contributed by atoms with Crippen LogP contribution in [0.15, 0.2) is 11.8 Å². The molecule has 18 heavy (non-hydrogen) atoms. The predicted molar refractivity (Wildman–Crippen MR) is 72.8 cm³/mol. The van der Waals surface area contributed by atoms with Gasteiger partial charge in [0.15, 0.2) is 5.78 Å². The molecule has 0 saturated carbocycles. The quantitative estimate of drug-likeness (QED) is 0.368. The topological polar surface area (TPSA) is 37.3 Å². The summed E-state index contributed by atoms with van der Waals surface area (Å²) in [5, 5.41) is 8.36. The molecule has 0 aromatic heterocycles. The molecule has 0 unspecified atom stereocenters. The fourth-order valence-electron chi connectivity index (χ4n) is 1.70. The van der Waals surface area contributed by atoms with E-state index in [1.807, 2.05) is 0 Å². The molecule has 0 bridgehead atoms. The smallest absolute Gasteiger partial charge is 0.155 e. The maximum Gasteiger partial charge on any atom is 0.155 e. The second-order valence-corrected chi connectivity index (χ2v) is 4.52. The molecule has 0 radical (unpaired) electrons. The van der Waals surface area contributed by atoms with Crippen molar-refractivity contribution in [1.29, 1.82) is 0 Å². The van der Waals surface area contributed by atoms with E-state index in [1.54, 1.807) is 0 Å². The molecule has 0 saturated heterocycles. The molecule has 106 valence electrons. The number of rotatable bonds is 1. The standard InChI is InChI=1S/C10H15.C5H8O2.Ni/c1-6-7(2)9(4)10(5)8(6)3;1-4(6)3-5(2)7;/h1-5H3;3,6H,1-2H3;/q-1;;/b;4-3-;. The Balaban J connectivity index is 0. The Labute approximate surface area is 120 Å². The molecule has 0 aliphatic carbocycles. The molecule has 0 fully saturated rings. The van der Waals surface area contributed by atoms with E-state index in [4.69, 9.17) is 5.11 Å². The molecule has 1 N–H and O–H groups in total. The van der Waals surface area contributed by atoms with Crippen molar-refractivity contribution in [3.8, 4) is 0 Å². The van der Waals surface area contributed by atoms with Crippen molar-refractivity contribution in [2.45, 2.75) is 48.5 Å². The number of aliphatic hydroxyl groups is 1. The zero-order valence-electron chi connectivity index (χ0n) is 12.2. The summed E-state index contributed by atoms with van der Waals surface area (Å²) in [6, 6.07) is 0. The van der Waals surface area contributed by atoms with E-state index >= 15 is 0 Å². The van der Waals surface area contributed by atoms with E-state index in [0.717, 1.165) is 0 Å². The van der Waals surface area contributed by atoms with Crippen molar-refractivity contribution < 1.29 is 26.4 Å². The Morgan fingerprint density at radius 1 is 1.06 bits per heavy atom. The first kappa shape index (κ1) is 19.4. The summed E-state index contributed by atoms with van der Waals surface area (Å²) in [6.07, 6.45) is 1.17. The SMILES string of the molecule is CC(=O)/C=C(/C)O.Cc1c(C)c(C)[c-](C)c1C.[Ni]. The second kappa shape index (κ2) is 8.21. The first-order chi connectivity index (χ1) is 7.68. The van der Waals surface area contributed by atoms with Crippen molar-refractivity contribution >= 4 is 5.78 Å². The van der Waals surface area contributed by atoms with Gasteiger partial charge in [-0.05, 0) is 13.8 Å². The summed E-state index contributed by atoms with van der Waals surface area (Å²) in [5.41, 5.74) is 7.34. The molecule has 0 aliphatic rings. The minimum atomic E-state index is -0.125. The first-order valence-electron chi connectivity index (χ1n) is 5.76.